The van der Waals surface area contributed by atoms with Crippen molar-refractivity contribution in [3.63, 3.8) is 0 Å². The Kier molecular flexibility index (Phi) is 3.19. The van der Waals surface area contributed by atoms with Crippen LogP contribution in [0.2, 0.25) is 0 Å². The molecule has 0 saturated carbocycles. The number of rotatable bonds is 1. The maximum atomic E-state index is 13.5. The van der Waals surface area contributed by atoms with Crippen molar-refractivity contribution < 1.29 is 18.7 Å². The summed E-state index contributed by atoms with van der Waals surface area (Å²) < 4.78 is 24.8. The molecule has 0 unspecified atom stereocenters. The molecule has 3 aromatic carbocycles. The molecule has 3 aromatic rings. The largest absolute Gasteiger partial charge is 0.454 e. The number of hydrogen-bond donors (Lipinski definition) is 1. The molecular weight excluding hydrogens is 333 g/mol. The van der Waals surface area contributed by atoms with Gasteiger partial charge >= 0.3 is 0 Å². The van der Waals surface area contributed by atoms with Gasteiger partial charge in [-0.05, 0) is 59.2 Å². The highest BCUT2D eigenvalue weighted by Gasteiger charge is 2.29. The minimum Gasteiger partial charge on any atom is -0.454 e. The van der Waals surface area contributed by atoms with Crippen LogP contribution >= 0.6 is 0 Å². The minimum atomic E-state index is -0.290. The number of carbonyl (C=O) groups is 1. The Morgan fingerprint density at radius 3 is 2.65 bits per heavy atom. The van der Waals surface area contributed by atoms with E-state index < -0.39 is 0 Å². The molecule has 5 rings (SSSR count). The van der Waals surface area contributed by atoms with Crippen LogP contribution in [0.25, 0.3) is 21.9 Å². The molecule has 1 amide bonds. The first-order chi connectivity index (χ1) is 12.6. The Labute approximate surface area is 149 Å². The molecule has 4 nitrogen and oxygen atoms in total. The van der Waals surface area contributed by atoms with Gasteiger partial charge in [-0.15, -0.1) is 0 Å². The maximum Gasteiger partial charge on any atom is 0.251 e. The third kappa shape index (κ3) is 2.03. The molecule has 2 aliphatic rings. The van der Waals surface area contributed by atoms with Crippen molar-refractivity contribution in [3.05, 3.63) is 58.9 Å². The second-order valence-electron chi connectivity index (χ2n) is 6.59. The van der Waals surface area contributed by atoms with Gasteiger partial charge in [0.15, 0.2) is 11.5 Å². The van der Waals surface area contributed by atoms with Gasteiger partial charge in [0, 0.05) is 17.5 Å². The summed E-state index contributed by atoms with van der Waals surface area (Å²) in [7, 11) is 0. The Morgan fingerprint density at radius 2 is 1.85 bits per heavy atom. The van der Waals surface area contributed by atoms with Crippen LogP contribution in [0.5, 0.6) is 11.5 Å². The van der Waals surface area contributed by atoms with Gasteiger partial charge in [0.05, 0.1) is 0 Å². The van der Waals surface area contributed by atoms with Crippen molar-refractivity contribution in [2.45, 2.75) is 13.3 Å². The van der Waals surface area contributed by atoms with Gasteiger partial charge in [0.25, 0.3) is 5.91 Å². The lowest BCUT2D eigenvalue weighted by molar-refractivity contribution is 0.0945. The fourth-order valence-corrected chi connectivity index (χ4v) is 4.05. The molecule has 0 bridgehead atoms. The first-order valence-corrected chi connectivity index (χ1v) is 8.57. The molecule has 0 spiro atoms. The molecule has 130 valence electrons. The molecule has 0 atom stereocenters. The molecule has 1 N–H and O–H groups in total. The number of amides is 1. The van der Waals surface area contributed by atoms with E-state index >= 15 is 0 Å². The lowest BCUT2D eigenvalue weighted by Crippen LogP contribution is -2.33. The summed E-state index contributed by atoms with van der Waals surface area (Å²) >= 11 is 0. The number of ether oxygens (including phenoxy) is 2. The van der Waals surface area contributed by atoms with Gasteiger partial charge in [0.2, 0.25) is 6.79 Å². The van der Waals surface area contributed by atoms with Crippen LogP contribution in [0.1, 0.15) is 21.5 Å². The number of carbonyl (C=O) groups excluding carboxylic acids is 1. The molecule has 5 heteroatoms. The molecule has 0 fully saturated rings. The van der Waals surface area contributed by atoms with E-state index in [1.165, 1.54) is 12.1 Å². The zero-order valence-corrected chi connectivity index (χ0v) is 14.2. The quantitative estimate of drug-likeness (QED) is 0.723. The van der Waals surface area contributed by atoms with Crippen molar-refractivity contribution >= 4 is 16.7 Å². The summed E-state index contributed by atoms with van der Waals surface area (Å²) in [5.74, 6) is 1.03. The highest BCUT2D eigenvalue weighted by molar-refractivity contribution is 6.12. The average molecular weight is 349 g/mol. The molecule has 0 aliphatic carbocycles. The molecule has 0 aromatic heterocycles. The normalized spacial score (nSPS) is 15.1. The monoisotopic (exact) mass is 349 g/mol. The third-order valence-corrected chi connectivity index (χ3v) is 5.19. The van der Waals surface area contributed by atoms with Gasteiger partial charge in [0.1, 0.15) is 5.82 Å². The Bertz CT molecular complexity index is 1070. The number of benzene rings is 3. The van der Waals surface area contributed by atoms with Crippen LogP contribution in [0, 0.1) is 12.7 Å². The van der Waals surface area contributed by atoms with E-state index in [4.69, 9.17) is 9.47 Å². The van der Waals surface area contributed by atoms with Crippen LogP contribution in [0.3, 0.4) is 0 Å². The highest BCUT2D eigenvalue weighted by Crippen LogP contribution is 2.47. The number of aryl methyl sites for hydroxylation is 1. The number of fused-ring (bicyclic) bond motifs is 4. The van der Waals surface area contributed by atoms with E-state index in [9.17, 15) is 9.18 Å². The lowest BCUT2D eigenvalue weighted by Gasteiger charge is -2.25. The predicted molar refractivity (Wildman–Crippen MR) is 96.2 cm³/mol. The molecular formula is C21H16FNO3. The molecule has 0 radical (unpaired) electrons. The zero-order valence-electron chi connectivity index (χ0n) is 14.2. The molecule has 0 saturated heterocycles. The summed E-state index contributed by atoms with van der Waals surface area (Å²) in [5, 5.41) is 4.81. The van der Waals surface area contributed by atoms with Gasteiger partial charge in [-0.3, -0.25) is 4.79 Å². The van der Waals surface area contributed by atoms with Crippen LogP contribution in [0.4, 0.5) is 4.39 Å². The molecule has 2 heterocycles. The predicted octanol–water partition coefficient (Wildman–Crippen LogP) is 3.97. The first-order valence-electron chi connectivity index (χ1n) is 8.57. The smallest absolute Gasteiger partial charge is 0.251 e. The summed E-state index contributed by atoms with van der Waals surface area (Å²) in [4.78, 5) is 12.6. The van der Waals surface area contributed by atoms with Gasteiger partial charge < -0.3 is 14.8 Å². The van der Waals surface area contributed by atoms with E-state index in [1.54, 1.807) is 12.1 Å². The number of nitrogens with one attached hydrogen (secondary N) is 1. The van der Waals surface area contributed by atoms with Gasteiger partial charge in [-0.2, -0.15) is 0 Å². The van der Waals surface area contributed by atoms with Crippen LogP contribution in [0.15, 0.2) is 36.4 Å². The van der Waals surface area contributed by atoms with E-state index in [2.05, 4.69) is 5.32 Å². The Morgan fingerprint density at radius 1 is 1.04 bits per heavy atom. The summed E-state index contributed by atoms with van der Waals surface area (Å²) in [6, 6.07) is 10.2. The van der Waals surface area contributed by atoms with Crippen molar-refractivity contribution in [2.24, 2.45) is 0 Å². The van der Waals surface area contributed by atoms with E-state index in [-0.39, 0.29) is 18.5 Å². The van der Waals surface area contributed by atoms with Crippen LogP contribution < -0.4 is 14.8 Å². The summed E-state index contributed by atoms with van der Waals surface area (Å²) in [6.07, 6.45) is 0.717. The molecule has 2 aliphatic heterocycles. The van der Waals surface area contributed by atoms with Gasteiger partial charge in [-0.25, -0.2) is 4.39 Å². The topological polar surface area (TPSA) is 47.6 Å². The standard InChI is InChI=1S/C21H16FNO3/c1-11-14-6-7-16-20(26-10-25-16)19(14)18(12-2-4-13(22)5-3-12)15-8-9-23-21(24)17(11)15/h2-7H,8-10H2,1H3,(H,23,24). The van der Waals surface area contributed by atoms with E-state index in [0.717, 1.165) is 39.4 Å². The fourth-order valence-electron chi connectivity index (χ4n) is 4.05. The minimum absolute atomic E-state index is 0.0633. The number of halogens is 1. The second kappa shape index (κ2) is 5.46. The maximum absolute atomic E-state index is 13.5. The second-order valence-corrected chi connectivity index (χ2v) is 6.59. The summed E-state index contributed by atoms with van der Waals surface area (Å²) in [6.45, 7) is 2.72. The summed E-state index contributed by atoms with van der Waals surface area (Å²) in [5.41, 5.74) is 4.41. The van der Waals surface area contributed by atoms with Crippen molar-refractivity contribution in [2.75, 3.05) is 13.3 Å². The van der Waals surface area contributed by atoms with E-state index in [1.807, 2.05) is 19.1 Å². The van der Waals surface area contributed by atoms with Crippen molar-refractivity contribution in [1.82, 2.24) is 5.32 Å². The van der Waals surface area contributed by atoms with Gasteiger partial charge in [-0.1, -0.05) is 18.2 Å². The van der Waals surface area contributed by atoms with Crippen molar-refractivity contribution in [1.29, 1.82) is 0 Å². The highest BCUT2D eigenvalue weighted by atomic mass is 19.1. The Balaban J connectivity index is 1.97. The average Bonchev–Trinajstić information content (AvgIpc) is 3.12. The SMILES string of the molecule is Cc1c2c(c(-c3ccc(F)cc3)c3c4c(ccc13)OCO4)CCNC2=O. The van der Waals surface area contributed by atoms with E-state index in [0.29, 0.717) is 23.6 Å². The Hall–Kier alpha value is -3.08. The van der Waals surface area contributed by atoms with Crippen LogP contribution in [-0.2, 0) is 6.42 Å². The molecule has 26 heavy (non-hydrogen) atoms. The number of hydrogen-bond acceptors (Lipinski definition) is 3. The first kappa shape index (κ1) is 15.2. The van der Waals surface area contributed by atoms with Crippen molar-refractivity contribution in [3.8, 4) is 22.6 Å². The third-order valence-electron chi connectivity index (χ3n) is 5.19. The van der Waals surface area contributed by atoms with Crippen LogP contribution in [-0.4, -0.2) is 19.2 Å². The zero-order chi connectivity index (χ0) is 17.8. The fraction of sp³-hybridized carbons (Fsp3) is 0.190. The lowest BCUT2D eigenvalue weighted by atomic mass is 9.83.